The molecule has 0 amide bonds. The zero-order valence-electron chi connectivity index (χ0n) is 11.8. The predicted molar refractivity (Wildman–Crippen MR) is 78.2 cm³/mol. The zero-order chi connectivity index (χ0) is 18.9. The normalized spacial score (nSPS) is 11.3. The van der Waals surface area contributed by atoms with Crippen LogP contribution in [0.5, 0.6) is 11.5 Å². The molecule has 0 unspecified atom stereocenters. The van der Waals surface area contributed by atoms with Crippen LogP contribution in [0.3, 0.4) is 0 Å². The number of nitrogens with one attached hydrogen (secondary N) is 1. The number of thiocarbonyl (C=S) groups is 1. The van der Waals surface area contributed by atoms with E-state index >= 15 is 0 Å². The number of nitrogens with two attached hydrogens (primary N) is 1. The molecule has 0 aromatic heterocycles. The summed E-state index contributed by atoms with van der Waals surface area (Å²) in [6, 6.07) is 1.21. The average Bonchev–Trinajstić information content (AvgIpc) is 2.43. The molecule has 0 aliphatic heterocycles. The predicted octanol–water partition coefficient (Wildman–Crippen LogP) is 4.71. The molecule has 0 heterocycles. The molecule has 0 fully saturated rings. The SMILES string of the molecule is NC(=S)Nc1cc(F)c(Oc2c(F)cc(C(F)(F)F)cc2F)c(F)c1. The summed E-state index contributed by atoms with van der Waals surface area (Å²) in [5.74, 6) is -8.95. The largest absolute Gasteiger partial charge is 0.445 e. The Bertz CT molecular complexity index is 792. The third kappa shape index (κ3) is 4.29. The summed E-state index contributed by atoms with van der Waals surface area (Å²) in [7, 11) is 0. The van der Waals surface area contributed by atoms with Gasteiger partial charge in [-0.05, 0) is 24.4 Å². The van der Waals surface area contributed by atoms with Crippen LogP contribution in [0.25, 0.3) is 0 Å². The van der Waals surface area contributed by atoms with Gasteiger partial charge in [0.05, 0.1) is 5.56 Å². The fraction of sp³-hybridized carbons (Fsp3) is 0.0714. The van der Waals surface area contributed by atoms with Crippen LogP contribution in [0.1, 0.15) is 5.56 Å². The average molecular weight is 384 g/mol. The van der Waals surface area contributed by atoms with Crippen LogP contribution < -0.4 is 15.8 Å². The van der Waals surface area contributed by atoms with Crippen LogP contribution in [-0.2, 0) is 6.18 Å². The first-order valence-corrected chi connectivity index (χ1v) is 6.69. The van der Waals surface area contributed by atoms with Gasteiger partial charge in [-0.1, -0.05) is 0 Å². The highest BCUT2D eigenvalue weighted by atomic mass is 32.1. The first-order valence-electron chi connectivity index (χ1n) is 6.28. The molecular formula is C14H7F7N2OS. The Hall–Kier alpha value is -2.56. The first kappa shape index (κ1) is 18.8. The molecule has 0 radical (unpaired) electrons. The molecule has 3 nitrogen and oxygen atoms in total. The number of benzene rings is 2. The van der Waals surface area contributed by atoms with Crippen LogP contribution in [0.2, 0.25) is 0 Å². The molecule has 0 saturated carbocycles. The molecule has 0 bridgehead atoms. The van der Waals surface area contributed by atoms with Gasteiger partial charge < -0.3 is 15.8 Å². The summed E-state index contributed by atoms with van der Waals surface area (Å²) < 4.78 is 97.0. The van der Waals surface area contributed by atoms with E-state index in [9.17, 15) is 30.7 Å². The second kappa shape index (κ2) is 6.75. The molecule has 2 aromatic carbocycles. The highest BCUT2D eigenvalue weighted by molar-refractivity contribution is 7.80. The second-order valence-corrected chi connectivity index (χ2v) is 5.07. The minimum Gasteiger partial charge on any atom is -0.445 e. The van der Waals surface area contributed by atoms with Crippen molar-refractivity contribution in [2.45, 2.75) is 6.18 Å². The van der Waals surface area contributed by atoms with Crippen molar-refractivity contribution in [3.63, 3.8) is 0 Å². The third-order valence-electron chi connectivity index (χ3n) is 2.80. The minimum atomic E-state index is -5.01. The summed E-state index contributed by atoms with van der Waals surface area (Å²) >= 11 is 4.48. The molecule has 11 heteroatoms. The van der Waals surface area contributed by atoms with Gasteiger partial charge in [0, 0.05) is 17.8 Å². The Morgan fingerprint density at radius 1 is 0.880 bits per heavy atom. The van der Waals surface area contributed by atoms with Crippen molar-refractivity contribution >= 4 is 23.0 Å². The molecule has 2 aromatic rings. The van der Waals surface area contributed by atoms with Gasteiger partial charge in [-0.3, -0.25) is 0 Å². The van der Waals surface area contributed by atoms with Gasteiger partial charge >= 0.3 is 6.18 Å². The van der Waals surface area contributed by atoms with Gasteiger partial charge in [-0.25, -0.2) is 17.6 Å². The van der Waals surface area contributed by atoms with Gasteiger partial charge in [0.2, 0.25) is 0 Å². The van der Waals surface area contributed by atoms with Gasteiger partial charge in [-0.2, -0.15) is 13.2 Å². The number of halogens is 7. The van der Waals surface area contributed by atoms with Gasteiger partial charge in [0.1, 0.15) is 0 Å². The lowest BCUT2D eigenvalue weighted by atomic mass is 10.2. The number of hydrogen-bond donors (Lipinski definition) is 2. The maximum atomic E-state index is 13.9. The van der Waals surface area contributed by atoms with Crippen molar-refractivity contribution in [1.29, 1.82) is 0 Å². The number of anilines is 1. The smallest absolute Gasteiger partial charge is 0.416 e. The topological polar surface area (TPSA) is 47.3 Å². The van der Waals surface area contributed by atoms with Gasteiger partial charge in [-0.15, -0.1) is 0 Å². The molecule has 0 saturated heterocycles. The highest BCUT2D eigenvalue weighted by Crippen LogP contribution is 2.37. The lowest BCUT2D eigenvalue weighted by molar-refractivity contribution is -0.138. The molecule has 0 spiro atoms. The molecule has 134 valence electrons. The number of hydrogen-bond acceptors (Lipinski definition) is 2. The van der Waals surface area contributed by atoms with E-state index in [2.05, 4.69) is 22.3 Å². The van der Waals surface area contributed by atoms with Crippen molar-refractivity contribution in [3.8, 4) is 11.5 Å². The third-order valence-corrected chi connectivity index (χ3v) is 2.90. The van der Waals surface area contributed by atoms with Crippen LogP contribution in [0, 0.1) is 23.3 Å². The number of rotatable bonds is 3. The number of alkyl halides is 3. The summed E-state index contributed by atoms with van der Waals surface area (Å²) in [5.41, 5.74) is 3.30. The van der Waals surface area contributed by atoms with Crippen molar-refractivity contribution in [2.75, 3.05) is 5.32 Å². The molecule has 0 aliphatic carbocycles. The Balaban J connectivity index is 2.42. The Morgan fingerprint density at radius 3 is 1.64 bits per heavy atom. The van der Waals surface area contributed by atoms with E-state index in [0.29, 0.717) is 12.1 Å². The maximum absolute atomic E-state index is 13.9. The van der Waals surface area contributed by atoms with Crippen LogP contribution in [-0.4, -0.2) is 5.11 Å². The van der Waals surface area contributed by atoms with Crippen molar-refractivity contribution in [3.05, 3.63) is 53.1 Å². The van der Waals surface area contributed by atoms with E-state index in [1.165, 1.54) is 0 Å². The molecule has 25 heavy (non-hydrogen) atoms. The van der Waals surface area contributed by atoms with Gasteiger partial charge in [0.15, 0.2) is 39.9 Å². The first-order chi connectivity index (χ1) is 11.5. The molecule has 2 rings (SSSR count). The quantitative estimate of drug-likeness (QED) is 0.595. The van der Waals surface area contributed by atoms with Gasteiger partial charge in [0.25, 0.3) is 0 Å². The summed E-state index contributed by atoms with van der Waals surface area (Å²) in [6.07, 6.45) is -5.01. The van der Waals surface area contributed by atoms with E-state index < -0.39 is 46.5 Å². The van der Waals surface area contributed by atoms with Crippen LogP contribution in [0.4, 0.5) is 36.4 Å². The second-order valence-electron chi connectivity index (χ2n) is 4.63. The summed E-state index contributed by atoms with van der Waals surface area (Å²) in [4.78, 5) is 0. The van der Waals surface area contributed by atoms with Crippen LogP contribution in [0.15, 0.2) is 24.3 Å². The summed E-state index contributed by atoms with van der Waals surface area (Å²) in [5, 5.41) is 1.93. The monoisotopic (exact) mass is 384 g/mol. The highest BCUT2D eigenvalue weighted by Gasteiger charge is 2.33. The number of ether oxygens (including phenoxy) is 1. The van der Waals surface area contributed by atoms with Crippen molar-refractivity contribution in [1.82, 2.24) is 0 Å². The maximum Gasteiger partial charge on any atom is 0.416 e. The minimum absolute atomic E-state index is 0.0585. The van der Waals surface area contributed by atoms with E-state index in [0.717, 1.165) is 0 Å². The fourth-order valence-corrected chi connectivity index (χ4v) is 1.91. The molecule has 3 N–H and O–H groups in total. The van der Waals surface area contributed by atoms with Crippen molar-refractivity contribution < 1.29 is 35.5 Å². The Labute approximate surface area is 141 Å². The van der Waals surface area contributed by atoms with Crippen molar-refractivity contribution in [2.24, 2.45) is 5.73 Å². The lowest BCUT2D eigenvalue weighted by Gasteiger charge is -2.13. The molecule has 0 atom stereocenters. The summed E-state index contributed by atoms with van der Waals surface area (Å²) in [6.45, 7) is 0. The van der Waals surface area contributed by atoms with E-state index in [4.69, 9.17) is 5.73 Å². The molecular weight excluding hydrogens is 377 g/mol. The van der Waals surface area contributed by atoms with Crippen LogP contribution >= 0.6 is 12.2 Å². The van der Waals surface area contributed by atoms with E-state index in [1.54, 1.807) is 0 Å². The lowest BCUT2D eigenvalue weighted by Crippen LogP contribution is -2.19. The Morgan fingerprint density at radius 2 is 1.28 bits per heavy atom. The standard InChI is InChI=1S/C14H7F7N2OS/c15-7-1-5(14(19,20)21)2-8(16)11(7)24-12-9(17)3-6(4-10(12)18)23-13(22)25/h1-4H,(H3,22,23,25). The zero-order valence-corrected chi connectivity index (χ0v) is 12.7. The van der Waals surface area contributed by atoms with E-state index in [1.807, 2.05) is 0 Å². The fourth-order valence-electron chi connectivity index (χ4n) is 1.79. The Kier molecular flexibility index (Phi) is 5.07. The molecule has 0 aliphatic rings. The van der Waals surface area contributed by atoms with E-state index in [-0.39, 0.29) is 22.9 Å².